The van der Waals surface area contributed by atoms with E-state index in [1.165, 1.54) is 18.2 Å². The summed E-state index contributed by atoms with van der Waals surface area (Å²) < 4.78 is 0. The second-order valence-corrected chi connectivity index (χ2v) is 3.46. The highest BCUT2D eigenvalue weighted by Gasteiger charge is 2.12. The number of hydrogen-bond donors (Lipinski definition) is 2. The molecule has 0 aliphatic rings. The van der Waals surface area contributed by atoms with E-state index in [4.69, 9.17) is 18.0 Å². The third-order valence-corrected chi connectivity index (χ3v) is 2.04. The molecule has 1 rings (SSSR count). The first kappa shape index (κ1) is 11.4. The normalized spacial score (nSPS) is 11.5. The lowest BCUT2D eigenvalue weighted by Crippen LogP contribution is -2.31. The van der Waals surface area contributed by atoms with Crippen molar-refractivity contribution in [2.45, 2.75) is 13.0 Å². The Morgan fingerprint density at radius 2 is 2.33 bits per heavy atom. The maximum Gasteiger partial charge on any atom is 0.255 e. The number of aromatic hydroxyl groups is 1. The van der Waals surface area contributed by atoms with E-state index in [1.54, 1.807) is 6.92 Å². The summed E-state index contributed by atoms with van der Waals surface area (Å²) in [5, 5.41) is 12.3. The number of rotatable bonds is 2. The van der Waals surface area contributed by atoms with Crippen molar-refractivity contribution in [3.05, 3.63) is 28.8 Å². The van der Waals surface area contributed by atoms with Crippen LogP contribution in [0.1, 0.15) is 17.3 Å². The molecule has 0 spiro atoms. The van der Waals surface area contributed by atoms with Gasteiger partial charge in [0.1, 0.15) is 5.75 Å². The molecule has 0 bridgehead atoms. The fourth-order valence-electron chi connectivity index (χ4n) is 1.01. The Morgan fingerprint density at radius 3 is 2.87 bits per heavy atom. The van der Waals surface area contributed by atoms with Gasteiger partial charge in [0.15, 0.2) is 0 Å². The predicted octanol–water partition coefficient (Wildman–Crippen LogP) is 1.80. The summed E-state index contributed by atoms with van der Waals surface area (Å²) in [5.41, 5.74) is 0.154. The number of terminal acetylenes is 1. The Morgan fingerprint density at radius 1 is 1.67 bits per heavy atom. The van der Waals surface area contributed by atoms with Gasteiger partial charge in [-0.15, -0.1) is 6.42 Å². The number of halogens is 1. The smallest absolute Gasteiger partial charge is 0.255 e. The molecular formula is C11H10ClNO2. The minimum Gasteiger partial charge on any atom is -0.507 e. The molecule has 1 unspecified atom stereocenters. The number of nitrogens with one attached hydrogen (secondary N) is 1. The zero-order chi connectivity index (χ0) is 11.4. The fourth-order valence-corrected chi connectivity index (χ4v) is 1.18. The van der Waals surface area contributed by atoms with Gasteiger partial charge in [-0.3, -0.25) is 4.79 Å². The zero-order valence-electron chi connectivity index (χ0n) is 8.12. The summed E-state index contributed by atoms with van der Waals surface area (Å²) in [6.07, 6.45) is 5.11. The Bertz CT molecular complexity index is 423. The van der Waals surface area contributed by atoms with Crippen LogP contribution in [-0.2, 0) is 0 Å². The number of phenols is 1. The van der Waals surface area contributed by atoms with E-state index in [0.29, 0.717) is 5.02 Å². The van der Waals surface area contributed by atoms with Crippen LogP contribution in [0, 0.1) is 12.3 Å². The lowest BCUT2D eigenvalue weighted by atomic mass is 10.2. The number of amides is 1. The molecule has 0 aromatic heterocycles. The Labute approximate surface area is 93.1 Å². The lowest BCUT2D eigenvalue weighted by Gasteiger charge is -2.08. The quantitative estimate of drug-likeness (QED) is 0.752. The zero-order valence-corrected chi connectivity index (χ0v) is 8.88. The van der Waals surface area contributed by atoms with Crippen LogP contribution in [0.4, 0.5) is 0 Å². The first-order chi connectivity index (χ1) is 7.04. The molecule has 0 saturated carbocycles. The van der Waals surface area contributed by atoms with E-state index in [9.17, 15) is 9.90 Å². The van der Waals surface area contributed by atoms with Crippen molar-refractivity contribution in [1.82, 2.24) is 5.32 Å². The minimum atomic E-state index is -0.422. The fraction of sp³-hybridized carbons (Fsp3) is 0.182. The van der Waals surface area contributed by atoms with Crippen LogP contribution >= 0.6 is 11.6 Å². The highest BCUT2D eigenvalue weighted by atomic mass is 35.5. The molecule has 1 atom stereocenters. The minimum absolute atomic E-state index is 0.154. The standard InChI is InChI=1S/C11H10ClNO2/c1-3-7(2)13-11(15)9-5-4-8(12)6-10(9)14/h1,4-7,14H,2H3,(H,13,15). The molecule has 1 aromatic carbocycles. The molecule has 0 aliphatic heterocycles. The van der Waals surface area contributed by atoms with E-state index in [0.717, 1.165) is 0 Å². The van der Waals surface area contributed by atoms with Crippen LogP contribution in [0.3, 0.4) is 0 Å². The highest BCUT2D eigenvalue weighted by Crippen LogP contribution is 2.21. The van der Waals surface area contributed by atoms with Gasteiger partial charge in [-0.1, -0.05) is 17.5 Å². The van der Waals surface area contributed by atoms with Gasteiger partial charge in [-0.2, -0.15) is 0 Å². The van der Waals surface area contributed by atoms with Crippen molar-refractivity contribution >= 4 is 17.5 Å². The largest absolute Gasteiger partial charge is 0.507 e. The van der Waals surface area contributed by atoms with E-state index in [2.05, 4.69) is 11.2 Å². The van der Waals surface area contributed by atoms with Crippen LogP contribution in [0.2, 0.25) is 5.02 Å². The molecule has 0 aliphatic carbocycles. The van der Waals surface area contributed by atoms with Gasteiger partial charge in [0.05, 0.1) is 11.6 Å². The molecule has 0 radical (unpaired) electrons. The summed E-state index contributed by atoms with van der Waals surface area (Å²) in [4.78, 5) is 11.5. The van der Waals surface area contributed by atoms with Crippen molar-refractivity contribution in [3.8, 4) is 18.1 Å². The molecule has 15 heavy (non-hydrogen) atoms. The van der Waals surface area contributed by atoms with Crippen molar-refractivity contribution in [2.75, 3.05) is 0 Å². The van der Waals surface area contributed by atoms with Gasteiger partial charge < -0.3 is 10.4 Å². The van der Waals surface area contributed by atoms with Crippen LogP contribution < -0.4 is 5.32 Å². The number of benzene rings is 1. The van der Waals surface area contributed by atoms with Crippen LogP contribution in [0.5, 0.6) is 5.75 Å². The number of carbonyl (C=O) groups is 1. The summed E-state index contributed by atoms with van der Waals surface area (Å²) in [5.74, 6) is 1.77. The molecule has 0 saturated heterocycles. The van der Waals surface area contributed by atoms with E-state index in [1.807, 2.05) is 0 Å². The number of phenolic OH excluding ortho intramolecular Hbond substituents is 1. The molecule has 3 nitrogen and oxygen atoms in total. The van der Waals surface area contributed by atoms with E-state index in [-0.39, 0.29) is 17.4 Å². The van der Waals surface area contributed by atoms with Crippen molar-refractivity contribution in [3.63, 3.8) is 0 Å². The van der Waals surface area contributed by atoms with Gasteiger partial charge >= 0.3 is 0 Å². The summed E-state index contributed by atoms with van der Waals surface area (Å²) in [7, 11) is 0. The van der Waals surface area contributed by atoms with Crippen molar-refractivity contribution in [2.24, 2.45) is 0 Å². The first-order valence-corrected chi connectivity index (χ1v) is 4.68. The average molecular weight is 224 g/mol. The number of carbonyl (C=O) groups excluding carboxylic acids is 1. The van der Waals surface area contributed by atoms with E-state index >= 15 is 0 Å². The molecule has 0 fully saturated rings. The van der Waals surface area contributed by atoms with Crippen molar-refractivity contribution < 1.29 is 9.90 Å². The molecular weight excluding hydrogens is 214 g/mol. The lowest BCUT2D eigenvalue weighted by molar-refractivity contribution is 0.0945. The molecule has 1 aromatic rings. The van der Waals surface area contributed by atoms with E-state index < -0.39 is 5.91 Å². The Kier molecular flexibility index (Phi) is 3.59. The van der Waals surface area contributed by atoms with Crippen LogP contribution in [0.25, 0.3) is 0 Å². The maximum absolute atomic E-state index is 11.5. The van der Waals surface area contributed by atoms with Crippen LogP contribution in [-0.4, -0.2) is 17.1 Å². The average Bonchev–Trinajstić information content (AvgIpc) is 2.17. The molecule has 4 heteroatoms. The topological polar surface area (TPSA) is 49.3 Å². The van der Waals surface area contributed by atoms with Gasteiger partial charge in [0, 0.05) is 5.02 Å². The number of hydrogen-bond acceptors (Lipinski definition) is 2. The second-order valence-electron chi connectivity index (χ2n) is 3.02. The predicted molar refractivity (Wildman–Crippen MR) is 58.9 cm³/mol. The van der Waals surface area contributed by atoms with Crippen LogP contribution in [0.15, 0.2) is 18.2 Å². The Balaban J connectivity index is 2.88. The summed E-state index contributed by atoms with van der Waals surface area (Å²) >= 11 is 5.63. The Hall–Kier alpha value is -1.66. The molecule has 0 heterocycles. The van der Waals surface area contributed by atoms with Gasteiger partial charge in [-0.05, 0) is 25.1 Å². The third kappa shape index (κ3) is 2.90. The molecule has 1 amide bonds. The maximum atomic E-state index is 11.5. The van der Waals surface area contributed by atoms with Gasteiger partial charge in [-0.25, -0.2) is 0 Å². The summed E-state index contributed by atoms with van der Waals surface area (Å²) in [6, 6.07) is 3.89. The van der Waals surface area contributed by atoms with Gasteiger partial charge in [0.25, 0.3) is 5.91 Å². The SMILES string of the molecule is C#CC(C)NC(=O)c1ccc(Cl)cc1O. The molecule has 2 N–H and O–H groups in total. The van der Waals surface area contributed by atoms with Gasteiger partial charge in [0.2, 0.25) is 0 Å². The molecule has 78 valence electrons. The first-order valence-electron chi connectivity index (χ1n) is 4.30. The second kappa shape index (κ2) is 4.72. The summed E-state index contributed by atoms with van der Waals surface area (Å²) in [6.45, 7) is 1.67. The van der Waals surface area contributed by atoms with Crippen molar-refractivity contribution in [1.29, 1.82) is 0 Å². The third-order valence-electron chi connectivity index (χ3n) is 1.80. The highest BCUT2D eigenvalue weighted by molar-refractivity contribution is 6.30. The monoisotopic (exact) mass is 223 g/mol.